The lowest BCUT2D eigenvalue weighted by Crippen LogP contribution is -2.52. The number of halogens is 1. The highest BCUT2D eigenvalue weighted by Gasteiger charge is 2.74. The van der Waals surface area contributed by atoms with Crippen molar-refractivity contribution < 1.29 is 24.2 Å². The topological polar surface area (TPSA) is 95.9 Å². The van der Waals surface area contributed by atoms with Crippen molar-refractivity contribution in [2.24, 2.45) is 11.8 Å². The average molecular weight is 515 g/mol. The van der Waals surface area contributed by atoms with E-state index in [0.29, 0.717) is 17.1 Å². The van der Waals surface area contributed by atoms with Crippen molar-refractivity contribution in [3.63, 3.8) is 0 Å². The predicted molar refractivity (Wildman–Crippen MR) is 134 cm³/mol. The normalized spacial score (nSPS) is 29.7. The highest BCUT2D eigenvalue weighted by molar-refractivity contribution is 8.02. The molecule has 0 aromatic heterocycles. The van der Waals surface area contributed by atoms with Crippen LogP contribution in [0.4, 0.5) is 5.69 Å². The number of aliphatic hydroxyl groups excluding tert-OH is 1. The minimum absolute atomic E-state index is 0.0692. The van der Waals surface area contributed by atoms with Gasteiger partial charge in [0, 0.05) is 16.0 Å². The summed E-state index contributed by atoms with van der Waals surface area (Å²) in [6, 6.07) is 14.4. The van der Waals surface area contributed by atoms with E-state index >= 15 is 0 Å². The van der Waals surface area contributed by atoms with Crippen molar-refractivity contribution in [3.8, 4) is 0 Å². The van der Waals surface area contributed by atoms with Crippen molar-refractivity contribution in [1.82, 2.24) is 4.90 Å². The molecule has 184 valence electrons. The highest BCUT2D eigenvalue weighted by Crippen LogP contribution is 2.67. The summed E-state index contributed by atoms with van der Waals surface area (Å²) in [5.41, 5.74) is 1.29. The summed E-state index contributed by atoms with van der Waals surface area (Å²) >= 11 is 7.56. The molecule has 7 nitrogen and oxygen atoms in total. The van der Waals surface area contributed by atoms with Gasteiger partial charge >= 0.3 is 5.97 Å². The van der Waals surface area contributed by atoms with Crippen LogP contribution in [0.15, 0.2) is 54.6 Å². The van der Waals surface area contributed by atoms with Crippen LogP contribution in [0, 0.1) is 11.8 Å². The molecule has 3 saturated heterocycles. The lowest BCUT2D eigenvalue weighted by Gasteiger charge is -2.37. The molecule has 0 aliphatic carbocycles. The number of nitrogens with zero attached hydrogens (tertiary/aromatic N) is 1. The van der Waals surface area contributed by atoms with Gasteiger partial charge in [-0.25, -0.2) is 0 Å². The van der Waals surface area contributed by atoms with E-state index < -0.39 is 28.7 Å². The van der Waals surface area contributed by atoms with Crippen LogP contribution in [0.1, 0.15) is 31.4 Å². The van der Waals surface area contributed by atoms with E-state index in [2.05, 4.69) is 5.32 Å². The second kappa shape index (κ2) is 9.48. The van der Waals surface area contributed by atoms with Gasteiger partial charge in [0.1, 0.15) is 6.04 Å². The van der Waals surface area contributed by atoms with Crippen LogP contribution in [0.25, 0.3) is 0 Å². The number of hydrogen-bond donors (Lipinski definition) is 2. The molecule has 2 unspecified atom stereocenters. The summed E-state index contributed by atoms with van der Waals surface area (Å²) in [5, 5.41) is 13.9. The van der Waals surface area contributed by atoms with Crippen LogP contribution in [0.5, 0.6) is 0 Å². The van der Waals surface area contributed by atoms with Crippen LogP contribution >= 0.6 is 23.4 Å². The maximum Gasteiger partial charge on any atom is 0.310 e. The molecule has 3 heterocycles. The van der Waals surface area contributed by atoms with Gasteiger partial charge in [0.15, 0.2) is 0 Å². The van der Waals surface area contributed by atoms with E-state index in [4.69, 9.17) is 16.3 Å². The van der Waals surface area contributed by atoms with E-state index in [1.807, 2.05) is 30.3 Å². The number of thioether (sulfide) groups is 1. The third-order valence-corrected chi connectivity index (χ3v) is 9.55. The number of carbonyl (C=O) groups excluding carboxylic acids is 3. The highest BCUT2D eigenvalue weighted by atomic mass is 35.5. The van der Waals surface area contributed by atoms with Gasteiger partial charge in [0.2, 0.25) is 11.8 Å². The number of benzene rings is 2. The van der Waals surface area contributed by atoms with E-state index in [9.17, 15) is 19.5 Å². The lowest BCUT2D eigenvalue weighted by molar-refractivity contribution is -0.154. The van der Waals surface area contributed by atoms with E-state index in [0.717, 1.165) is 12.0 Å². The summed E-state index contributed by atoms with van der Waals surface area (Å²) in [7, 11) is 0. The summed E-state index contributed by atoms with van der Waals surface area (Å²) in [6.45, 7) is 1.63. The zero-order chi connectivity index (χ0) is 24.7. The van der Waals surface area contributed by atoms with Crippen LogP contribution in [0.3, 0.4) is 0 Å². The molecule has 3 fully saturated rings. The van der Waals surface area contributed by atoms with Gasteiger partial charge in [-0.05, 0) is 49.6 Å². The molecular weight excluding hydrogens is 488 g/mol. The van der Waals surface area contributed by atoms with Crippen LogP contribution in [-0.4, -0.2) is 57.0 Å². The first-order valence-corrected chi connectivity index (χ1v) is 13.1. The number of ether oxygens (including phenoxy) is 1. The Morgan fingerprint density at radius 3 is 2.60 bits per heavy atom. The van der Waals surface area contributed by atoms with Gasteiger partial charge in [0.25, 0.3) is 0 Å². The summed E-state index contributed by atoms with van der Waals surface area (Å²) < 4.78 is 4.59. The maximum absolute atomic E-state index is 14.1. The molecule has 0 radical (unpaired) electrons. The van der Waals surface area contributed by atoms with E-state index in [1.54, 1.807) is 43.0 Å². The van der Waals surface area contributed by atoms with Gasteiger partial charge < -0.3 is 20.1 Å². The minimum atomic E-state index is -0.859. The largest absolute Gasteiger partial charge is 0.466 e. The fraction of sp³-hybridized carbons (Fsp3) is 0.423. The Balaban J connectivity index is 1.57. The number of esters is 1. The van der Waals surface area contributed by atoms with E-state index in [1.165, 1.54) is 4.90 Å². The SMILES string of the molecule is CCOC(=O)[C@@H]1[C@@H]2CCC3(S2)C(C(=O)Nc2ccc(Cl)cc2)N([C@H](CO)c2ccccc2)C(=O)[C@H]13. The maximum atomic E-state index is 14.1. The Morgan fingerprint density at radius 1 is 1.23 bits per heavy atom. The molecule has 3 aliphatic heterocycles. The second-order valence-electron chi connectivity index (χ2n) is 9.16. The Hall–Kier alpha value is -2.55. The van der Waals surface area contributed by atoms with Crippen molar-refractivity contribution in [3.05, 3.63) is 65.2 Å². The third-order valence-electron chi connectivity index (χ3n) is 7.35. The van der Waals surface area contributed by atoms with Gasteiger partial charge in [-0.2, -0.15) is 0 Å². The first-order chi connectivity index (χ1) is 16.9. The van der Waals surface area contributed by atoms with Crippen LogP contribution in [-0.2, 0) is 19.1 Å². The smallest absolute Gasteiger partial charge is 0.310 e. The first kappa shape index (κ1) is 24.2. The molecule has 2 N–H and O–H groups in total. The summed E-state index contributed by atoms with van der Waals surface area (Å²) in [4.78, 5) is 42.4. The number of carbonyl (C=O) groups is 3. The number of nitrogens with one attached hydrogen (secondary N) is 1. The zero-order valence-electron chi connectivity index (χ0n) is 19.2. The number of amides is 2. The number of aliphatic hydroxyl groups is 1. The number of fused-ring (bicyclic) bond motifs is 1. The Morgan fingerprint density at radius 2 is 1.94 bits per heavy atom. The molecule has 6 atom stereocenters. The minimum Gasteiger partial charge on any atom is -0.466 e. The first-order valence-electron chi connectivity index (χ1n) is 11.8. The monoisotopic (exact) mass is 514 g/mol. The van der Waals surface area contributed by atoms with Gasteiger partial charge in [0.05, 0.1) is 35.8 Å². The quantitative estimate of drug-likeness (QED) is 0.547. The number of anilines is 1. The molecular formula is C26H27ClN2O5S. The van der Waals surface area contributed by atoms with Gasteiger partial charge in [-0.15, -0.1) is 11.8 Å². The lowest BCUT2D eigenvalue weighted by atomic mass is 9.71. The molecule has 5 rings (SSSR count). The molecule has 2 aromatic carbocycles. The number of hydrogen-bond acceptors (Lipinski definition) is 6. The predicted octanol–water partition coefficient (Wildman–Crippen LogP) is 3.67. The third kappa shape index (κ3) is 3.92. The molecule has 0 saturated carbocycles. The fourth-order valence-electron chi connectivity index (χ4n) is 6.01. The summed E-state index contributed by atoms with van der Waals surface area (Å²) in [6.07, 6.45) is 1.36. The standard InChI is InChI=1S/C26H27ClN2O5S/c1-2-34-25(33)20-19-12-13-26(35-19)21(20)24(32)29(18(14-30)15-6-4-3-5-7-15)22(26)23(31)28-17-10-8-16(27)9-11-17/h3-11,18-22,30H,2,12-14H2,1H3,(H,28,31)/t18-,19+,20-,21+,22?,26?/m1/s1. The van der Waals surface area contributed by atoms with Crippen molar-refractivity contribution in [2.45, 2.75) is 41.8 Å². The molecule has 2 aromatic rings. The number of rotatable bonds is 7. The number of likely N-dealkylation sites (tertiary alicyclic amines) is 1. The van der Waals surface area contributed by atoms with E-state index in [-0.39, 0.29) is 36.2 Å². The second-order valence-corrected chi connectivity index (χ2v) is 11.2. The Kier molecular flexibility index (Phi) is 6.55. The molecule has 35 heavy (non-hydrogen) atoms. The zero-order valence-corrected chi connectivity index (χ0v) is 20.8. The molecule has 9 heteroatoms. The van der Waals surface area contributed by atoms with Crippen molar-refractivity contribution >= 4 is 46.8 Å². The fourth-order valence-corrected chi connectivity index (χ4v) is 8.33. The Bertz CT molecular complexity index is 1130. The van der Waals surface area contributed by atoms with Gasteiger partial charge in [-0.1, -0.05) is 41.9 Å². The van der Waals surface area contributed by atoms with Crippen LogP contribution < -0.4 is 5.32 Å². The van der Waals surface area contributed by atoms with Crippen molar-refractivity contribution in [1.29, 1.82) is 0 Å². The van der Waals surface area contributed by atoms with Crippen LogP contribution in [0.2, 0.25) is 5.02 Å². The summed E-state index contributed by atoms with van der Waals surface area (Å²) in [5.74, 6) is -2.29. The average Bonchev–Trinajstić information content (AvgIpc) is 3.50. The van der Waals surface area contributed by atoms with Gasteiger partial charge in [-0.3, -0.25) is 14.4 Å². The van der Waals surface area contributed by atoms with Crippen molar-refractivity contribution in [2.75, 3.05) is 18.5 Å². The molecule has 3 aliphatic rings. The molecule has 1 spiro atoms. The molecule has 2 bridgehead atoms. The Labute approximate surface area is 213 Å². The molecule has 2 amide bonds.